The number of benzene rings is 2. The lowest BCUT2D eigenvalue weighted by Gasteiger charge is -2.26. The third kappa shape index (κ3) is 4.88. The fourth-order valence-corrected chi connectivity index (χ4v) is 5.22. The van der Waals surface area contributed by atoms with Gasteiger partial charge in [-0.05, 0) is 29.8 Å². The molecule has 156 valence electrons. The average Bonchev–Trinajstić information content (AvgIpc) is 3.23. The molecule has 0 bridgehead atoms. The summed E-state index contributed by atoms with van der Waals surface area (Å²) in [7, 11) is -3.50. The summed E-state index contributed by atoms with van der Waals surface area (Å²) >= 11 is 7.37. The molecule has 0 amide bonds. The number of morpholine rings is 1. The Balaban J connectivity index is 1.43. The molecule has 1 aliphatic rings. The molecule has 1 saturated heterocycles. The van der Waals surface area contributed by atoms with Crippen LogP contribution >= 0.6 is 22.9 Å². The molecule has 4 rings (SSSR count). The summed E-state index contributed by atoms with van der Waals surface area (Å²) in [6.07, 6.45) is 1.66. The number of anilines is 1. The second kappa shape index (κ2) is 9.23. The van der Waals surface area contributed by atoms with Gasteiger partial charge in [0.2, 0.25) is 15.2 Å². The van der Waals surface area contributed by atoms with Crippen LogP contribution in [0.5, 0.6) is 0 Å². The molecule has 1 aliphatic heterocycles. The van der Waals surface area contributed by atoms with Crippen LogP contribution in [0, 0.1) is 0 Å². The van der Waals surface area contributed by atoms with Crippen molar-refractivity contribution in [1.82, 2.24) is 9.29 Å². The Morgan fingerprint density at radius 1 is 1.17 bits per heavy atom. The van der Waals surface area contributed by atoms with Crippen molar-refractivity contribution in [2.75, 3.05) is 31.7 Å². The summed E-state index contributed by atoms with van der Waals surface area (Å²) in [5.74, 6) is 0. The topological polar surface area (TPSA) is 83.9 Å². The molecule has 1 aromatic heterocycles. The quantitative estimate of drug-likeness (QED) is 0.443. The average molecular weight is 463 g/mol. The van der Waals surface area contributed by atoms with Crippen LogP contribution in [-0.2, 0) is 14.8 Å². The fourth-order valence-electron chi connectivity index (χ4n) is 2.94. The molecule has 0 saturated carbocycles. The van der Waals surface area contributed by atoms with E-state index in [1.807, 2.05) is 23.6 Å². The van der Waals surface area contributed by atoms with Gasteiger partial charge in [0.05, 0.1) is 30.0 Å². The smallest absolute Gasteiger partial charge is 0.243 e. The highest BCUT2D eigenvalue weighted by Gasteiger charge is 2.26. The molecular weight excluding hydrogens is 444 g/mol. The molecular formula is C20H19ClN4O3S2. The van der Waals surface area contributed by atoms with E-state index in [0.29, 0.717) is 36.5 Å². The molecule has 1 N–H and O–H groups in total. The van der Waals surface area contributed by atoms with Gasteiger partial charge in [0.25, 0.3) is 0 Å². The first-order chi connectivity index (χ1) is 14.5. The summed E-state index contributed by atoms with van der Waals surface area (Å²) < 4.78 is 32.1. The zero-order chi connectivity index (χ0) is 21.0. The SMILES string of the molecule is O=S(=O)(c1ccc(-c2csc(N/N=C/c3cccc(Cl)c3)n2)cc1)N1CCOCC1. The molecule has 0 atom stereocenters. The number of hydrogen-bond acceptors (Lipinski definition) is 7. The molecule has 2 heterocycles. The van der Waals surface area contributed by atoms with Crippen molar-refractivity contribution >= 4 is 44.3 Å². The van der Waals surface area contributed by atoms with Gasteiger partial charge in [0.1, 0.15) is 0 Å². The van der Waals surface area contributed by atoms with Gasteiger partial charge in [-0.2, -0.15) is 9.41 Å². The first-order valence-electron chi connectivity index (χ1n) is 9.21. The number of nitrogens with zero attached hydrogens (tertiary/aromatic N) is 3. The number of hydrazone groups is 1. The van der Waals surface area contributed by atoms with Crippen molar-refractivity contribution in [3.05, 3.63) is 64.5 Å². The minimum Gasteiger partial charge on any atom is -0.379 e. The minimum absolute atomic E-state index is 0.271. The number of aromatic nitrogens is 1. The third-order valence-electron chi connectivity index (χ3n) is 4.48. The summed E-state index contributed by atoms with van der Waals surface area (Å²) in [6.45, 7) is 1.60. The van der Waals surface area contributed by atoms with E-state index in [0.717, 1.165) is 16.8 Å². The number of halogens is 1. The first-order valence-corrected chi connectivity index (χ1v) is 11.9. The third-order valence-corrected chi connectivity index (χ3v) is 7.38. The van der Waals surface area contributed by atoms with Crippen molar-refractivity contribution in [3.63, 3.8) is 0 Å². The molecule has 10 heteroatoms. The Bertz CT molecular complexity index is 1140. The van der Waals surface area contributed by atoms with E-state index in [9.17, 15) is 8.42 Å². The van der Waals surface area contributed by atoms with Crippen LogP contribution in [-0.4, -0.2) is 50.2 Å². The maximum atomic E-state index is 12.7. The number of thiazole rings is 1. The number of hydrogen-bond donors (Lipinski definition) is 1. The Morgan fingerprint density at radius 3 is 2.67 bits per heavy atom. The molecule has 0 spiro atoms. The van der Waals surface area contributed by atoms with Crippen molar-refractivity contribution < 1.29 is 13.2 Å². The highest BCUT2D eigenvalue weighted by molar-refractivity contribution is 7.89. The summed E-state index contributed by atoms with van der Waals surface area (Å²) in [6, 6.07) is 14.1. The van der Waals surface area contributed by atoms with E-state index < -0.39 is 10.0 Å². The highest BCUT2D eigenvalue weighted by atomic mass is 35.5. The number of ether oxygens (including phenoxy) is 1. The molecule has 2 aromatic carbocycles. The normalized spacial score (nSPS) is 15.5. The van der Waals surface area contributed by atoms with Crippen molar-refractivity contribution in [3.8, 4) is 11.3 Å². The Hall–Kier alpha value is -2.30. The summed E-state index contributed by atoms with van der Waals surface area (Å²) in [5.41, 5.74) is 5.36. The molecule has 3 aromatic rings. The lowest BCUT2D eigenvalue weighted by molar-refractivity contribution is 0.0730. The number of nitrogens with one attached hydrogen (secondary N) is 1. The van der Waals surface area contributed by atoms with E-state index in [2.05, 4.69) is 15.5 Å². The van der Waals surface area contributed by atoms with Gasteiger partial charge in [0.15, 0.2) is 0 Å². The van der Waals surface area contributed by atoms with Gasteiger partial charge in [0, 0.05) is 29.1 Å². The number of rotatable bonds is 6. The van der Waals surface area contributed by atoms with Crippen molar-refractivity contribution in [2.24, 2.45) is 5.10 Å². The van der Waals surface area contributed by atoms with E-state index in [4.69, 9.17) is 16.3 Å². The van der Waals surface area contributed by atoms with Crippen LogP contribution in [0.1, 0.15) is 5.56 Å². The Kier molecular flexibility index (Phi) is 6.45. The minimum atomic E-state index is -3.50. The predicted octanol–water partition coefficient (Wildman–Crippen LogP) is 3.93. The first kappa shape index (κ1) is 21.0. The van der Waals surface area contributed by atoms with Gasteiger partial charge in [-0.3, -0.25) is 5.43 Å². The Morgan fingerprint density at radius 2 is 1.93 bits per heavy atom. The fraction of sp³-hybridized carbons (Fsp3) is 0.200. The molecule has 0 radical (unpaired) electrons. The van der Waals surface area contributed by atoms with E-state index in [1.54, 1.807) is 36.5 Å². The molecule has 0 aliphatic carbocycles. The summed E-state index contributed by atoms with van der Waals surface area (Å²) in [4.78, 5) is 4.77. The van der Waals surface area contributed by atoms with Gasteiger partial charge >= 0.3 is 0 Å². The van der Waals surface area contributed by atoms with Crippen LogP contribution in [0.3, 0.4) is 0 Å². The summed E-state index contributed by atoms with van der Waals surface area (Å²) in [5, 5.41) is 7.35. The number of sulfonamides is 1. The predicted molar refractivity (Wildman–Crippen MR) is 120 cm³/mol. The lowest BCUT2D eigenvalue weighted by Crippen LogP contribution is -2.40. The largest absolute Gasteiger partial charge is 0.379 e. The van der Waals surface area contributed by atoms with Gasteiger partial charge in [-0.1, -0.05) is 35.9 Å². The van der Waals surface area contributed by atoms with E-state index in [1.165, 1.54) is 15.6 Å². The molecule has 0 unspecified atom stereocenters. The zero-order valence-corrected chi connectivity index (χ0v) is 18.3. The van der Waals surface area contributed by atoms with Crippen LogP contribution in [0.4, 0.5) is 5.13 Å². The van der Waals surface area contributed by atoms with Crippen molar-refractivity contribution in [1.29, 1.82) is 0 Å². The van der Waals surface area contributed by atoms with Gasteiger partial charge in [-0.25, -0.2) is 13.4 Å². The van der Waals surface area contributed by atoms with E-state index in [-0.39, 0.29) is 4.90 Å². The van der Waals surface area contributed by atoms with E-state index >= 15 is 0 Å². The zero-order valence-electron chi connectivity index (χ0n) is 15.9. The second-order valence-corrected chi connectivity index (χ2v) is 9.74. The van der Waals surface area contributed by atoms with Crippen molar-refractivity contribution in [2.45, 2.75) is 4.90 Å². The lowest BCUT2D eigenvalue weighted by atomic mass is 10.2. The Labute approximate surface area is 184 Å². The molecule has 30 heavy (non-hydrogen) atoms. The van der Waals surface area contributed by atoms with Crippen LogP contribution in [0.2, 0.25) is 5.02 Å². The highest BCUT2D eigenvalue weighted by Crippen LogP contribution is 2.27. The standard InChI is InChI=1S/C20H19ClN4O3S2/c21-17-3-1-2-15(12-17)13-22-24-20-23-19(14-29-20)16-4-6-18(7-5-16)30(26,27)25-8-10-28-11-9-25/h1-7,12-14H,8-11H2,(H,23,24)/b22-13+. The maximum absolute atomic E-state index is 12.7. The maximum Gasteiger partial charge on any atom is 0.243 e. The van der Waals surface area contributed by atoms with Gasteiger partial charge < -0.3 is 4.74 Å². The molecule has 7 nitrogen and oxygen atoms in total. The monoisotopic (exact) mass is 462 g/mol. The van der Waals surface area contributed by atoms with Crippen LogP contribution in [0.15, 0.2) is 63.9 Å². The second-order valence-electron chi connectivity index (χ2n) is 6.50. The molecule has 1 fully saturated rings. The van der Waals surface area contributed by atoms with Crippen LogP contribution in [0.25, 0.3) is 11.3 Å². The van der Waals surface area contributed by atoms with Crippen LogP contribution < -0.4 is 5.43 Å². The van der Waals surface area contributed by atoms with Gasteiger partial charge in [-0.15, -0.1) is 11.3 Å².